The number of morpholine rings is 1. The molecule has 1 aliphatic heterocycles. The molecule has 1 heterocycles. The molecule has 0 radical (unpaired) electrons. The zero-order chi connectivity index (χ0) is 18.1. The van der Waals surface area contributed by atoms with Crippen molar-refractivity contribution in [3.8, 4) is 12.3 Å². The molecule has 134 valence electrons. The molecule has 7 heteroatoms. The summed E-state index contributed by atoms with van der Waals surface area (Å²) < 4.78 is 10.8. The maximum atomic E-state index is 12.1. The van der Waals surface area contributed by atoms with Gasteiger partial charge in [-0.2, -0.15) is 0 Å². The van der Waals surface area contributed by atoms with Crippen molar-refractivity contribution in [2.24, 2.45) is 4.99 Å². The van der Waals surface area contributed by atoms with Gasteiger partial charge in [-0.25, -0.2) is 0 Å². The summed E-state index contributed by atoms with van der Waals surface area (Å²) in [6.45, 7) is 2.61. The fourth-order valence-corrected chi connectivity index (χ4v) is 2.58. The predicted molar refractivity (Wildman–Crippen MR) is 97.6 cm³/mol. The van der Waals surface area contributed by atoms with E-state index in [0.29, 0.717) is 38.0 Å². The smallest absolute Gasteiger partial charge is 0.243 e. The second-order valence-electron chi connectivity index (χ2n) is 5.57. The summed E-state index contributed by atoms with van der Waals surface area (Å²) in [6.07, 6.45) is 5.36. The minimum absolute atomic E-state index is 0.00220. The second kappa shape index (κ2) is 9.67. The van der Waals surface area contributed by atoms with Crippen LogP contribution in [0, 0.1) is 12.3 Å². The third-order valence-electron chi connectivity index (χ3n) is 3.72. The zero-order valence-electron chi connectivity index (χ0n) is 14.6. The fourth-order valence-electron chi connectivity index (χ4n) is 2.58. The van der Waals surface area contributed by atoms with Crippen molar-refractivity contribution in [2.45, 2.75) is 6.10 Å². The first-order chi connectivity index (χ1) is 12.2. The average Bonchev–Trinajstić information content (AvgIpc) is 2.63. The molecule has 1 saturated heterocycles. The van der Waals surface area contributed by atoms with E-state index in [1.54, 1.807) is 32.4 Å². The molecule has 2 rings (SSSR count). The van der Waals surface area contributed by atoms with Gasteiger partial charge in [-0.05, 0) is 18.2 Å². The van der Waals surface area contributed by atoms with Crippen LogP contribution in [-0.4, -0.2) is 69.9 Å². The molecule has 0 bridgehead atoms. The number of nitrogens with zero attached hydrogens (tertiary/aromatic N) is 2. The number of anilines is 1. The Hall–Kier alpha value is -2.56. The first-order valence-electron chi connectivity index (χ1n) is 8.09. The van der Waals surface area contributed by atoms with Gasteiger partial charge in [-0.1, -0.05) is 12.0 Å². The van der Waals surface area contributed by atoms with E-state index in [9.17, 15) is 4.79 Å². The number of rotatable bonds is 5. The van der Waals surface area contributed by atoms with Crippen LogP contribution in [-0.2, 0) is 14.3 Å². The monoisotopic (exact) mass is 344 g/mol. The van der Waals surface area contributed by atoms with Crippen molar-refractivity contribution in [1.29, 1.82) is 0 Å². The molecule has 25 heavy (non-hydrogen) atoms. The Balaban J connectivity index is 1.85. The van der Waals surface area contributed by atoms with E-state index < -0.39 is 0 Å². The van der Waals surface area contributed by atoms with E-state index in [-0.39, 0.29) is 18.6 Å². The summed E-state index contributed by atoms with van der Waals surface area (Å²) in [5.41, 5.74) is 1.39. The number of terminal acetylenes is 1. The molecule has 1 aliphatic rings. The summed E-state index contributed by atoms with van der Waals surface area (Å²) >= 11 is 0. The third kappa shape index (κ3) is 5.78. The molecule has 0 aromatic heterocycles. The molecule has 1 aromatic rings. The van der Waals surface area contributed by atoms with Crippen LogP contribution in [0.2, 0.25) is 0 Å². The lowest BCUT2D eigenvalue weighted by Gasteiger charge is -2.34. The van der Waals surface area contributed by atoms with Gasteiger partial charge in [0.05, 0.1) is 25.9 Å². The lowest BCUT2D eigenvalue weighted by molar-refractivity contribution is -0.115. The van der Waals surface area contributed by atoms with Crippen LogP contribution < -0.4 is 10.6 Å². The van der Waals surface area contributed by atoms with Crippen molar-refractivity contribution in [3.05, 3.63) is 29.8 Å². The topological polar surface area (TPSA) is 75.2 Å². The van der Waals surface area contributed by atoms with Crippen LogP contribution in [0.4, 0.5) is 5.69 Å². The van der Waals surface area contributed by atoms with E-state index in [2.05, 4.69) is 26.4 Å². The van der Waals surface area contributed by atoms with Crippen LogP contribution in [0.25, 0.3) is 0 Å². The van der Waals surface area contributed by atoms with Gasteiger partial charge in [0, 0.05) is 38.5 Å². The Kier molecular flexibility index (Phi) is 7.26. The first-order valence-corrected chi connectivity index (χ1v) is 8.09. The molecule has 1 aromatic carbocycles. The summed E-state index contributed by atoms with van der Waals surface area (Å²) in [4.78, 5) is 18.4. The van der Waals surface area contributed by atoms with Crippen molar-refractivity contribution in [3.63, 3.8) is 0 Å². The average molecular weight is 344 g/mol. The van der Waals surface area contributed by atoms with Gasteiger partial charge in [0.2, 0.25) is 5.91 Å². The number of methoxy groups -OCH3 is 1. The molecular weight excluding hydrogens is 320 g/mol. The number of benzene rings is 1. The number of hydrogen-bond acceptors (Lipinski definition) is 4. The highest BCUT2D eigenvalue weighted by Gasteiger charge is 2.23. The first kappa shape index (κ1) is 18.8. The van der Waals surface area contributed by atoms with Crippen LogP contribution in [0.1, 0.15) is 5.56 Å². The van der Waals surface area contributed by atoms with Crippen molar-refractivity contribution in [1.82, 2.24) is 10.2 Å². The van der Waals surface area contributed by atoms with Gasteiger partial charge in [0.25, 0.3) is 0 Å². The highest BCUT2D eigenvalue weighted by atomic mass is 16.5. The summed E-state index contributed by atoms with van der Waals surface area (Å²) in [6, 6.07) is 7.17. The van der Waals surface area contributed by atoms with Crippen molar-refractivity contribution < 1.29 is 14.3 Å². The third-order valence-corrected chi connectivity index (χ3v) is 3.72. The highest BCUT2D eigenvalue weighted by molar-refractivity contribution is 5.95. The Morgan fingerprint density at radius 1 is 1.56 bits per heavy atom. The number of carbonyl (C=O) groups is 1. The number of aliphatic imine (C=N–C) groups is 1. The molecule has 0 saturated carbocycles. The number of amides is 1. The van der Waals surface area contributed by atoms with Gasteiger partial charge in [-0.15, -0.1) is 6.42 Å². The van der Waals surface area contributed by atoms with E-state index in [1.165, 1.54) is 0 Å². The van der Waals surface area contributed by atoms with E-state index in [0.717, 1.165) is 5.56 Å². The van der Waals surface area contributed by atoms with Crippen LogP contribution in [0.15, 0.2) is 29.3 Å². The minimum Gasteiger partial charge on any atom is -0.382 e. The van der Waals surface area contributed by atoms with Crippen molar-refractivity contribution in [2.75, 3.05) is 52.3 Å². The summed E-state index contributed by atoms with van der Waals surface area (Å²) in [5.74, 6) is 3.04. The number of ether oxygens (including phenoxy) is 2. The van der Waals surface area contributed by atoms with Gasteiger partial charge < -0.3 is 25.0 Å². The van der Waals surface area contributed by atoms with Crippen LogP contribution >= 0.6 is 0 Å². The maximum absolute atomic E-state index is 12.1. The molecule has 1 amide bonds. The normalized spacial score (nSPS) is 17.7. The number of carbonyl (C=O) groups excluding carboxylic acids is 1. The maximum Gasteiger partial charge on any atom is 0.243 e. The number of hydrogen-bond donors (Lipinski definition) is 2. The second-order valence-corrected chi connectivity index (χ2v) is 5.57. The SMILES string of the molecule is C#Cc1cccc(NC(=O)CNC(=NC)N2CCOC(COC)C2)c1. The minimum atomic E-state index is -0.169. The van der Waals surface area contributed by atoms with Gasteiger partial charge in [0.15, 0.2) is 5.96 Å². The van der Waals surface area contributed by atoms with Gasteiger partial charge in [-0.3, -0.25) is 9.79 Å². The quantitative estimate of drug-likeness (QED) is 0.463. The molecular formula is C18H24N4O3. The molecule has 0 spiro atoms. The van der Waals surface area contributed by atoms with E-state index in [4.69, 9.17) is 15.9 Å². The Bertz CT molecular complexity index is 652. The fraction of sp³-hybridized carbons (Fsp3) is 0.444. The number of guanidine groups is 1. The summed E-state index contributed by atoms with van der Waals surface area (Å²) in [7, 11) is 3.34. The van der Waals surface area contributed by atoms with Gasteiger partial charge >= 0.3 is 0 Å². The van der Waals surface area contributed by atoms with Crippen LogP contribution in [0.3, 0.4) is 0 Å². The Morgan fingerprint density at radius 2 is 2.40 bits per heavy atom. The standard InChI is InChI=1S/C18H24N4O3/c1-4-14-6-5-7-15(10-14)21-17(23)11-20-18(19-2)22-8-9-25-16(12-22)13-24-3/h1,5-7,10,16H,8-9,11-13H2,2-3H3,(H,19,20)(H,21,23). The molecule has 0 aliphatic carbocycles. The highest BCUT2D eigenvalue weighted by Crippen LogP contribution is 2.09. The number of nitrogens with one attached hydrogen (secondary N) is 2. The van der Waals surface area contributed by atoms with Gasteiger partial charge in [0.1, 0.15) is 0 Å². The van der Waals surface area contributed by atoms with Crippen molar-refractivity contribution >= 4 is 17.6 Å². The lowest BCUT2D eigenvalue weighted by atomic mass is 10.2. The largest absolute Gasteiger partial charge is 0.382 e. The zero-order valence-corrected chi connectivity index (χ0v) is 14.6. The molecule has 1 atom stereocenters. The molecule has 7 nitrogen and oxygen atoms in total. The van der Waals surface area contributed by atoms with E-state index >= 15 is 0 Å². The molecule has 1 unspecified atom stereocenters. The molecule has 1 fully saturated rings. The summed E-state index contributed by atoms with van der Waals surface area (Å²) in [5, 5.41) is 5.89. The Morgan fingerprint density at radius 3 is 3.12 bits per heavy atom. The predicted octanol–water partition coefficient (Wildman–Crippen LogP) is 0.529. The molecule has 2 N–H and O–H groups in total. The lowest BCUT2D eigenvalue weighted by Crippen LogP contribution is -2.52. The Labute approximate surface area is 148 Å². The van der Waals surface area contributed by atoms with Crippen LogP contribution in [0.5, 0.6) is 0 Å². The van der Waals surface area contributed by atoms with E-state index in [1.807, 2.05) is 6.07 Å².